The van der Waals surface area contributed by atoms with Gasteiger partial charge in [0.1, 0.15) is 23.0 Å². The maximum absolute atomic E-state index is 7.15. The van der Waals surface area contributed by atoms with Crippen molar-refractivity contribution in [1.29, 1.82) is 0 Å². The van der Waals surface area contributed by atoms with Gasteiger partial charge in [-0.3, -0.25) is 42.5 Å². The Morgan fingerprint density at radius 2 is 0.371 bits per heavy atom. The van der Waals surface area contributed by atoms with E-state index in [1.807, 2.05) is 0 Å². The Morgan fingerprint density at radius 3 is 0.552 bits per heavy atom. The summed E-state index contributed by atoms with van der Waals surface area (Å²) < 4.78 is 28.6. The van der Waals surface area contributed by atoms with Gasteiger partial charge in [-0.05, 0) is 217 Å². The van der Waals surface area contributed by atoms with Crippen molar-refractivity contribution in [2.24, 2.45) is 47.3 Å². The third kappa shape index (κ3) is 14.8. The van der Waals surface area contributed by atoms with Crippen molar-refractivity contribution in [1.82, 2.24) is 42.5 Å². The molecule has 5 saturated heterocycles. The molecule has 5 heterocycles. The maximum Gasteiger partial charge on any atom is 0.119 e. The van der Waals surface area contributed by atoms with Gasteiger partial charge in [-0.2, -0.15) is 0 Å². The molecule has 105 heavy (non-hydrogen) atoms. The van der Waals surface area contributed by atoms with Gasteiger partial charge in [-0.15, -0.1) is 0 Å². The van der Waals surface area contributed by atoms with Crippen LogP contribution < -0.4 is 61.5 Å². The van der Waals surface area contributed by atoms with Gasteiger partial charge in [-0.25, -0.2) is 0 Å². The molecule has 9 aliphatic rings. The second-order valence-corrected chi connectivity index (χ2v) is 34.7. The van der Waals surface area contributed by atoms with Crippen molar-refractivity contribution in [3.8, 4) is 23.0 Å². The first-order valence-corrected chi connectivity index (χ1v) is 39.8. The number of benzene rings is 8. The standard InChI is InChI=1S/C92H112N8O4.Pb/c1-89(2,57-21-13-9-14-22-57)61-29-37-65(38-30-61)101-69-45-49-73-77(53-69)85-95-81(73)93-82-75-51-47-71(103-67-41-33-63(34-42-67)91(5,6)59-25-17-11-18-26-59)55-79(75)87(97-82)100-88-80-56-72(104-68-43-35-64(36-44-68)92(7,8)60-27-19-12-20-28-60)48-52-76(80)84(98-88)94-83-74-50-46-70(54-78(74)86(96-83)99-85)102-66-39-31-62(32-40-66)90(3,4)58-23-15-10-16-24-58;/h9-44,69-88,93-100H,45-56H2,1-8H3;. The van der Waals surface area contributed by atoms with Gasteiger partial charge >= 0.3 is 0 Å². The fourth-order valence-electron chi connectivity index (χ4n) is 20.9. The van der Waals surface area contributed by atoms with Crippen LogP contribution in [0.15, 0.2) is 218 Å². The Kier molecular flexibility index (Phi) is 20.9. The molecule has 17 rings (SSSR count). The van der Waals surface area contributed by atoms with E-state index < -0.39 is 0 Å². The molecule has 8 aromatic carbocycles. The maximum atomic E-state index is 7.15. The number of nitrogens with one attached hydrogen (secondary N) is 8. The van der Waals surface area contributed by atoms with Crippen LogP contribution in [0.3, 0.4) is 0 Å². The second kappa shape index (κ2) is 30.2. The zero-order valence-electron chi connectivity index (χ0n) is 62.9. The Balaban J connectivity index is 0.00000847. The summed E-state index contributed by atoms with van der Waals surface area (Å²) in [5.74, 6) is 6.71. The summed E-state index contributed by atoms with van der Waals surface area (Å²) in [6.45, 7) is 18.6. The smallest absolute Gasteiger partial charge is 0.119 e. The van der Waals surface area contributed by atoms with E-state index in [1.54, 1.807) is 0 Å². The van der Waals surface area contributed by atoms with E-state index in [0.717, 1.165) is 100 Å². The van der Waals surface area contributed by atoms with E-state index in [0.29, 0.717) is 47.3 Å². The second-order valence-electron chi connectivity index (χ2n) is 34.7. The number of ether oxygens (including phenoxy) is 4. The fourth-order valence-corrected chi connectivity index (χ4v) is 20.9. The van der Waals surface area contributed by atoms with Gasteiger partial charge in [-0.1, -0.05) is 225 Å². The van der Waals surface area contributed by atoms with E-state index in [1.165, 1.54) is 44.5 Å². The van der Waals surface area contributed by atoms with Crippen molar-refractivity contribution in [2.45, 2.75) is 228 Å². The van der Waals surface area contributed by atoms with Gasteiger partial charge < -0.3 is 18.9 Å². The largest absolute Gasteiger partial charge is 0.490 e. The van der Waals surface area contributed by atoms with Crippen LogP contribution in [0.5, 0.6) is 23.0 Å². The minimum atomic E-state index is -0.126. The first kappa shape index (κ1) is 72.7. The van der Waals surface area contributed by atoms with E-state index in [2.05, 4.69) is 316 Å². The predicted octanol–water partition coefficient (Wildman–Crippen LogP) is 15.8. The van der Waals surface area contributed by atoms with Crippen molar-refractivity contribution < 1.29 is 18.9 Å². The average Bonchev–Trinajstić information content (AvgIpc) is 1.60. The topological polar surface area (TPSA) is 133 Å². The molecular weight excluding hydrogens is 1490 g/mol. The molecule has 9 fully saturated rings. The summed E-state index contributed by atoms with van der Waals surface area (Å²) in [5.41, 5.74) is 9.89. The molecule has 0 aromatic heterocycles. The zero-order chi connectivity index (χ0) is 70.9. The molecule has 4 aliphatic carbocycles. The van der Waals surface area contributed by atoms with Crippen LogP contribution in [0.2, 0.25) is 0 Å². The normalized spacial score (nSPS) is 32.3. The van der Waals surface area contributed by atoms with E-state index in [9.17, 15) is 0 Å². The molecule has 4 radical (unpaired) electrons. The van der Waals surface area contributed by atoms with Crippen LogP contribution in [-0.4, -0.2) is 101 Å². The van der Waals surface area contributed by atoms with Crippen molar-refractivity contribution in [3.63, 3.8) is 0 Å². The van der Waals surface area contributed by atoms with Crippen molar-refractivity contribution in [3.05, 3.63) is 263 Å². The molecule has 13 heteroatoms. The summed E-state index contributed by atoms with van der Waals surface area (Å²) in [7, 11) is 0. The summed E-state index contributed by atoms with van der Waals surface area (Å²) in [6, 6.07) is 79.5. The number of rotatable bonds is 16. The monoisotopic (exact) mass is 1600 g/mol. The molecule has 0 spiro atoms. The van der Waals surface area contributed by atoms with Crippen molar-refractivity contribution in [2.75, 3.05) is 0 Å². The third-order valence-electron chi connectivity index (χ3n) is 27.4. The Labute approximate surface area is 645 Å². The van der Waals surface area contributed by atoms with Crippen LogP contribution in [0.1, 0.15) is 177 Å². The first-order valence-electron chi connectivity index (χ1n) is 39.8. The Hall–Kier alpha value is -6.44. The van der Waals surface area contributed by atoms with Gasteiger partial charge in [0.25, 0.3) is 0 Å². The zero-order valence-corrected chi connectivity index (χ0v) is 66.8. The van der Waals surface area contributed by atoms with Crippen LogP contribution in [0, 0.1) is 47.3 Å². The van der Waals surface area contributed by atoms with Gasteiger partial charge in [0.05, 0.1) is 73.7 Å². The quantitative estimate of drug-likeness (QED) is 0.0438. The van der Waals surface area contributed by atoms with Crippen LogP contribution in [0.4, 0.5) is 0 Å². The Morgan fingerprint density at radius 1 is 0.210 bits per heavy atom. The molecule has 548 valence electrons. The number of hydrogen-bond donors (Lipinski definition) is 8. The van der Waals surface area contributed by atoms with Gasteiger partial charge in [0, 0.05) is 49.0 Å². The fraction of sp³-hybridized carbons (Fsp3) is 0.478. The molecule has 0 amide bonds. The average molecular weight is 1600 g/mol. The summed E-state index contributed by atoms with van der Waals surface area (Å²) in [4.78, 5) is 0. The SMILES string of the molecule is CC(C)(c1ccccc1)c1ccc(OC2CCC3C4NC5NC(NC6NC(NC7NC(NC(N4)C3C2)C2CC(Oc3ccc(C(C)(C)c4ccccc4)cc3)CCC72)C2CCC(Oc3ccc(C(C)(C)c4ccccc4)cc3)CC62)C2CC(Oc3ccc(C(C)(C)c4ccccc4)cc3)CCC52)cc1.[Pb]. The number of fused-ring (bicyclic) bond motifs is 20. The molecular formula is C92H112N8O4Pb. The van der Waals surface area contributed by atoms with Gasteiger partial charge in [0.2, 0.25) is 0 Å². The van der Waals surface area contributed by atoms with E-state index in [4.69, 9.17) is 18.9 Å². The predicted molar refractivity (Wildman–Crippen MR) is 422 cm³/mol. The summed E-state index contributed by atoms with van der Waals surface area (Å²) in [5, 5.41) is 35.3. The molecule has 8 bridgehead atoms. The Bertz CT molecular complexity index is 3630. The molecule has 5 aliphatic heterocycles. The van der Waals surface area contributed by atoms with E-state index in [-0.39, 0.29) is 123 Å². The minimum Gasteiger partial charge on any atom is -0.490 e. The van der Waals surface area contributed by atoms with Gasteiger partial charge in [0.15, 0.2) is 0 Å². The van der Waals surface area contributed by atoms with Crippen molar-refractivity contribution >= 4 is 27.3 Å². The molecule has 20 atom stereocenters. The van der Waals surface area contributed by atoms with Crippen LogP contribution in [-0.2, 0) is 21.7 Å². The summed E-state index contributed by atoms with van der Waals surface area (Å²) >= 11 is 0. The third-order valence-corrected chi connectivity index (χ3v) is 27.4. The van der Waals surface area contributed by atoms with E-state index >= 15 is 0 Å². The molecule has 8 N–H and O–H groups in total. The molecule has 4 saturated carbocycles. The minimum absolute atomic E-state index is 0. The molecule has 12 nitrogen and oxygen atoms in total. The summed E-state index contributed by atoms with van der Waals surface area (Å²) in [6.07, 6.45) is 13.1. The first-order chi connectivity index (χ1) is 50.4. The number of hydrogen-bond acceptors (Lipinski definition) is 12. The molecule has 8 aromatic rings. The molecule has 20 unspecified atom stereocenters. The van der Waals surface area contributed by atoms with Crippen LogP contribution in [0.25, 0.3) is 0 Å². The van der Waals surface area contributed by atoms with Crippen LogP contribution >= 0.6 is 0 Å².